The molecular formula is C17H19NO. The van der Waals surface area contributed by atoms with E-state index in [1.54, 1.807) is 6.20 Å². The van der Waals surface area contributed by atoms with E-state index >= 15 is 0 Å². The molecule has 0 N–H and O–H groups in total. The Morgan fingerprint density at radius 3 is 2.74 bits per heavy atom. The van der Waals surface area contributed by atoms with E-state index < -0.39 is 0 Å². The van der Waals surface area contributed by atoms with Crippen molar-refractivity contribution in [3.63, 3.8) is 0 Å². The van der Waals surface area contributed by atoms with E-state index in [1.807, 2.05) is 25.1 Å². The molecule has 0 saturated carbocycles. The number of hydrogen-bond donors (Lipinski definition) is 0. The Morgan fingerprint density at radius 2 is 2.00 bits per heavy atom. The van der Waals surface area contributed by atoms with Crippen LogP contribution in [0.5, 0.6) is 0 Å². The van der Waals surface area contributed by atoms with E-state index in [0.29, 0.717) is 12.8 Å². The van der Waals surface area contributed by atoms with Crippen molar-refractivity contribution < 1.29 is 4.79 Å². The molecule has 1 heterocycles. The Labute approximate surface area is 114 Å². The van der Waals surface area contributed by atoms with Crippen molar-refractivity contribution in [3.05, 3.63) is 65.0 Å². The zero-order valence-electron chi connectivity index (χ0n) is 11.5. The maximum Gasteiger partial charge on any atom is 0.139 e. The molecule has 0 saturated heterocycles. The molecule has 0 spiro atoms. The van der Waals surface area contributed by atoms with Crippen LogP contribution in [0.1, 0.15) is 28.8 Å². The molecule has 2 nitrogen and oxygen atoms in total. The van der Waals surface area contributed by atoms with Crippen LogP contribution in [0.4, 0.5) is 0 Å². The van der Waals surface area contributed by atoms with Crippen LogP contribution >= 0.6 is 0 Å². The number of nitrogens with zero attached hydrogens (tertiary/aromatic N) is 1. The van der Waals surface area contributed by atoms with Crippen molar-refractivity contribution in [2.45, 2.75) is 33.1 Å². The topological polar surface area (TPSA) is 30.0 Å². The Bertz CT molecular complexity index is 575. The molecule has 0 atom stereocenters. The number of hydrogen-bond acceptors (Lipinski definition) is 2. The first-order valence-electron chi connectivity index (χ1n) is 6.63. The highest BCUT2D eigenvalue weighted by molar-refractivity contribution is 5.80. The van der Waals surface area contributed by atoms with Gasteiger partial charge >= 0.3 is 0 Å². The van der Waals surface area contributed by atoms with Gasteiger partial charge in [0.2, 0.25) is 0 Å². The van der Waals surface area contributed by atoms with Crippen LogP contribution in [0.15, 0.2) is 42.6 Å². The van der Waals surface area contributed by atoms with E-state index in [2.05, 4.69) is 30.1 Å². The molecule has 1 aromatic carbocycles. The molecule has 98 valence electrons. The van der Waals surface area contributed by atoms with Crippen molar-refractivity contribution in [1.29, 1.82) is 0 Å². The summed E-state index contributed by atoms with van der Waals surface area (Å²) in [6.45, 7) is 4.07. The lowest BCUT2D eigenvalue weighted by atomic mass is 10.0. The van der Waals surface area contributed by atoms with Crippen molar-refractivity contribution in [3.8, 4) is 0 Å². The van der Waals surface area contributed by atoms with Gasteiger partial charge < -0.3 is 0 Å². The molecule has 0 amide bonds. The summed E-state index contributed by atoms with van der Waals surface area (Å²) in [5.41, 5.74) is 4.46. The average Bonchev–Trinajstić information content (AvgIpc) is 2.39. The second-order valence-electron chi connectivity index (χ2n) is 4.97. The van der Waals surface area contributed by atoms with Crippen LogP contribution in [-0.2, 0) is 17.6 Å². The first-order chi connectivity index (χ1) is 9.15. The standard InChI is InChI=1S/C17H19NO/c1-13-5-3-7-15(11-13)8-9-16(19)12-17-14(2)6-4-10-18-17/h3-7,10-11H,8-9,12H2,1-2H3. The molecule has 2 aromatic rings. The van der Waals surface area contributed by atoms with Gasteiger partial charge in [0.15, 0.2) is 0 Å². The number of carbonyl (C=O) groups excluding carboxylic acids is 1. The highest BCUT2D eigenvalue weighted by Gasteiger charge is 2.07. The minimum atomic E-state index is 0.253. The number of aromatic nitrogens is 1. The second kappa shape index (κ2) is 6.28. The van der Waals surface area contributed by atoms with Gasteiger partial charge in [-0.15, -0.1) is 0 Å². The van der Waals surface area contributed by atoms with E-state index in [-0.39, 0.29) is 5.78 Å². The molecule has 0 aliphatic carbocycles. The van der Waals surface area contributed by atoms with Gasteiger partial charge in [-0.2, -0.15) is 0 Å². The molecule has 19 heavy (non-hydrogen) atoms. The normalized spacial score (nSPS) is 10.4. The predicted octanol–water partition coefficient (Wildman–Crippen LogP) is 3.44. The minimum absolute atomic E-state index is 0.253. The van der Waals surface area contributed by atoms with Crippen LogP contribution in [-0.4, -0.2) is 10.8 Å². The number of benzene rings is 1. The van der Waals surface area contributed by atoms with E-state index in [9.17, 15) is 4.79 Å². The Kier molecular flexibility index (Phi) is 4.45. The monoisotopic (exact) mass is 253 g/mol. The molecular weight excluding hydrogens is 234 g/mol. The lowest BCUT2D eigenvalue weighted by molar-refractivity contribution is -0.118. The van der Waals surface area contributed by atoms with Crippen LogP contribution in [0, 0.1) is 13.8 Å². The summed E-state index contributed by atoms with van der Waals surface area (Å²) in [7, 11) is 0. The van der Waals surface area contributed by atoms with Gasteiger partial charge in [0.1, 0.15) is 5.78 Å². The number of pyridine rings is 1. The quantitative estimate of drug-likeness (QED) is 0.817. The molecule has 1 aromatic heterocycles. The zero-order chi connectivity index (χ0) is 13.7. The summed E-state index contributed by atoms with van der Waals surface area (Å²) in [6, 6.07) is 12.2. The lowest BCUT2D eigenvalue weighted by Gasteiger charge is -2.04. The van der Waals surface area contributed by atoms with Crippen LogP contribution in [0.3, 0.4) is 0 Å². The average molecular weight is 253 g/mol. The summed E-state index contributed by atoms with van der Waals surface area (Å²) in [4.78, 5) is 16.2. The van der Waals surface area contributed by atoms with Gasteiger partial charge in [0.05, 0.1) is 5.69 Å². The molecule has 0 unspecified atom stereocenters. The Balaban J connectivity index is 1.90. The summed E-state index contributed by atoms with van der Waals surface area (Å²) in [5, 5.41) is 0. The Hall–Kier alpha value is -1.96. The number of carbonyl (C=O) groups is 1. The SMILES string of the molecule is Cc1cccc(CCC(=O)Cc2ncccc2C)c1. The second-order valence-corrected chi connectivity index (χ2v) is 4.97. The van der Waals surface area contributed by atoms with E-state index in [4.69, 9.17) is 0 Å². The van der Waals surface area contributed by atoms with E-state index in [1.165, 1.54) is 11.1 Å². The van der Waals surface area contributed by atoms with Gasteiger partial charge in [-0.1, -0.05) is 35.9 Å². The van der Waals surface area contributed by atoms with Crippen molar-refractivity contribution in [1.82, 2.24) is 4.98 Å². The first-order valence-corrected chi connectivity index (χ1v) is 6.63. The highest BCUT2D eigenvalue weighted by atomic mass is 16.1. The Morgan fingerprint density at radius 1 is 1.16 bits per heavy atom. The molecule has 0 bridgehead atoms. The van der Waals surface area contributed by atoms with Crippen molar-refractivity contribution in [2.75, 3.05) is 0 Å². The summed E-state index contributed by atoms with van der Waals surface area (Å²) in [6.07, 6.45) is 3.58. The van der Waals surface area contributed by atoms with Crippen molar-refractivity contribution in [2.24, 2.45) is 0 Å². The third-order valence-corrected chi connectivity index (χ3v) is 3.26. The maximum atomic E-state index is 12.0. The summed E-state index contributed by atoms with van der Waals surface area (Å²) in [5.74, 6) is 0.253. The largest absolute Gasteiger partial charge is 0.299 e. The lowest BCUT2D eigenvalue weighted by Crippen LogP contribution is -2.07. The van der Waals surface area contributed by atoms with E-state index in [0.717, 1.165) is 17.7 Å². The minimum Gasteiger partial charge on any atom is -0.299 e. The summed E-state index contributed by atoms with van der Waals surface area (Å²) < 4.78 is 0. The smallest absolute Gasteiger partial charge is 0.139 e. The van der Waals surface area contributed by atoms with Gasteiger partial charge in [0, 0.05) is 19.0 Å². The highest BCUT2D eigenvalue weighted by Crippen LogP contribution is 2.09. The van der Waals surface area contributed by atoms with Gasteiger partial charge in [-0.05, 0) is 37.5 Å². The van der Waals surface area contributed by atoms with Crippen LogP contribution in [0.25, 0.3) is 0 Å². The fourth-order valence-electron chi connectivity index (χ4n) is 2.13. The fourth-order valence-corrected chi connectivity index (χ4v) is 2.13. The zero-order valence-corrected chi connectivity index (χ0v) is 11.5. The van der Waals surface area contributed by atoms with Crippen LogP contribution < -0.4 is 0 Å². The third kappa shape index (κ3) is 4.02. The van der Waals surface area contributed by atoms with Crippen molar-refractivity contribution >= 4 is 5.78 Å². The first kappa shape index (κ1) is 13.5. The molecule has 0 aliphatic rings. The molecule has 0 radical (unpaired) electrons. The molecule has 0 aliphatic heterocycles. The van der Waals surface area contributed by atoms with Gasteiger partial charge in [0.25, 0.3) is 0 Å². The molecule has 2 rings (SSSR count). The van der Waals surface area contributed by atoms with Gasteiger partial charge in [-0.3, -0.25) is 9.78 Å². The third-order valence-electron chi connectivity index (χ3n) is 3.26. The molecule has 2 heteroatoms. The fraction of sp³-hybridized carbons (Fsp3) is 0.294. The number of aryl methyl sites for hydroxylation is 3. The maximum absolute atomic E-state index is 12.0. The predicted molar refractivity (Wildman–Crippen MR) is 77.2 cm³/mol. The number of ketones is 1. The van der Waals surface area contributed by atoms with Gasteiger partial charge in [-0.25, -0.2) is 0 Å². The van der Waals surface area contributed by atoms with Crippen LogP contribution in [0.2, 0.25) is 0 Å². The number of Topliss-reactive ketones (excluding diaryl/α,β-unsaturated/α-hetero) is 1. The summed E-state index contributed by atoms with van der Waals surface area (Å²) >= 11 is 0. The molecule has 0 fully saturated rings. The number of rotatable bonds is 5.